The number of allylic oxidation sites excluding steroid dienone is 4. The van der Waals surface area contributed by atoms with Gasteiger partial charge in [0.15, 0.2) is 6.10 Å². The van der Waals surface area contributed by atoms with E-state index in [0.29, 0.717) is 17.4 Å². The highest BCUT2D eigenvalue weighted by Gasteiger charge is 2.27. The van der Waals surface area contributed by atoms with Gasteiger partial charge in [-0.1, -0.05) is 128 Å². The van der Waals surface area contributed by atoms with E-state index in [1.165, 1.54) is 77.0 Å². The van der Waals surface area contributed by atoms with Crippen molar-refractivity contribution in [3.8, 4) is 0 Å². The molecule has 0 aliphatic heterocycles. The van der Waals surface area contributed by atoms with Gasteiger partial charge >= 0.3 is 19.8 Å². The van der Waals surface area contributed by atoms with Gasteiger partial charge in [0.2, 0.25) is 0 Å². The molecule has 2 unspecified atom stereocenters. The van der Waals surface area contributed by atoms with Crippen LogP contribution in [0.2, 0.25) is 0 Å². The Bertz CT molecular complexity index is 949. The highest BCUT2D eigenvalue weighted by atomic mass is 31.2. The summed E-state index contributed by atoms with van der Waals surface area (Å²) in [5.74, 6) is -0.817. The molecule has 0 heterocycles. The predicted octanol–water partition coefficient (Wildman–Crippen LogP) is 11.6. The summed E-state index contributed by atoms with van der Waals surface area (Å²) in [6.07, 6.45) is 36.5. The molecule has 0 rings (SSSR count). The third kappa shape index (κ3) is 38.2. The lowest BCUT2D eigenvalue weighted by molar-refractivity contribution is -0.870. The van der Waals surface area contributed by atoms with Crippen molar-refractivity contribution in [1.29, 1.82) is 0 Å². The first kappa shape index (κ1) is 50.5. The van der Waals surface area contributed by atoms with E-state index in [0.717, 1.165) is 70.6 Å². The fourth-order valence-corrected chi connectivity index (χ4v) is 6.33. The second-order valence-corrected chi connectivity index (χ2v) is 16.8. The molecule has 0 saturated carbocycles. The highest BCUT2D eigenvalue weighted by molar-refractivity contribution is 7.47. The molecule has 2 atom stereocenters. The molecule has 0 saturated heterocycles. The Hall–Kier alpha value is -1.51. The number of hydrogen-bond acceptors (Lipinski definition) is 7. The fourth-order valence-electron chi connectivity index (χ4n) is 5.59. The van der Waals surface area contributed by atoms with Gasteiger partial charge in [0.1, 0.15) is 19.8 Å². The molecule has 0 spiro atoms. The summed E-state index contributed by atoms with van der Waals surface area (Å²) in [5.41, 5.74) is 0. The van der Waals surface area contributed by atoms with E-state index in [2.05, 4.69) is 38.2 Å². The summed E-state index contributed by atoms with van der Waals surface area (Å²) in [6.45, 7) is 4.37. The largest absolute Gasteiger partial charge is 0.472 e. The van der Waals surface area contributed by atoms with Gasteiger partial charge in [-0.2, -0.15) is 0 Å². The third-order valence-electron chi connectivity index (χ3n) is 8.95. The van der Waals surface area contributed by atoms with Crippen LogP contribution in [0.25, 0.3) is 0 Å². The second kappa shape index (κ2) is 35.2. The van der Waals surface area contributed by atoms with Gasteiger partial charge in [-0.15, -0.1) is 0 Å². The summed E-state index contributed by atoms with van der Waals surface area (Å²) in [6, 6.07) is 0. The van der Waals surface area contributed by atoms with Gasteiger partial charge in [0.05, 0.1) is 27.7 Å². The summed E-state index contributed by atoms with van der Waals surface area (Å²) >= 11 is 0. The van der Waals surface area contributed by atoms with Gasteiger partial charge in [-0.3, -0.25) is 18.6 Å². The van der Waals surface area contributed by atoms with Crippen molar-refractivity contribution in [3.63, 3.8) is 0 Å². The average molecular weight is 759 g/mol. The molecule has 0 aromatic rings. The van der Waals surface area contributed by atoms with Crippen LogP contribution in [-0.2, 0) is 32.7 Å². The van der Waals surface area contributed by atoms with E-state index in [9.17, 15) is 19.0 Å². The first-order chi connectivity index (χ1) is 25.0. The molecule has 0 amide bonds. The molecular weight excluding hydrogens is 677 g/mol. The van der Waals surface area contributed by atoms with E-state index < -0.39 is 26.5 Å². The van der Waals surface area contributed by atoms with Gasteiger partial charge in [-0.25, -0.2) is 4.57 Å². The zero-order chi connectivity index (χ0) is 38.6. The maximum Gasteiger partial charge on any atom is 0.472 e. The summed E-state index contributed by atoms with van der Waals surface area (Å²) in [7, 11) is 1.47. The lowest BCUT2D eigenvalue weighted by Crippen LogP contribution is -2.37. The fraction of sp³-hybridized carbons (Fsp3) is 0.857. The number of carbonyl (C=O) groups excluding carboxylic acids is 2. The topological polar surface area (TPSA) is 108 Å². The number of phosphoric acid groups is 1. The van der Waals surface area contributed by atoms with E-state index in [4.69, 9.17) is 18.5 Å². The number of esters is 2. The number of nitrogens with zero attached hydrogens (tertiary/aromatic N) is 1. The summed E-state index contributed by atoms with van der Waals surface area (Å²) in [5, 5.41) is 0. The van der Waals surface area contributed by atoms with Crippen LogP contribution in [0, 0.1) is 0 Å². The summed E-state index contributed by atoms with van der Waals surface area (Å²) in [4.78, 5) is 35.3. The number of phosphoric ester groups is 1. The number of likely N-dealkylation sites (N-methyl/N-ethyl adjacent to an activating group) is 1. The first-order valence-corrected chi connectivity index (χ1v) is 22.6. The van der Waals surface area contributed by atoms with Crippen molar-refractivity contribution in [2.75, 3.05) is 47.5 Å². The van der Waals surface area contributed by atoms with Gasteiger partial charge in [0, 0.05) is 12.8 Å². The minimum absolute atomic E-state index is 0.0298. The minimum atomic E-state index is -4.37. The average Bonchev–Trinajstić information content (AvgIpc) is 3.09. The van der Waals surface area contributed by atoms with Crippen LogP contribution >= 0.6 is 7.82 Å². The molecule has 0 aliphatic carbocycles. The van der Waals surface area contributed by atoms with Crippen molar-refractivity contribution in [1.82, 2.24) is 0 Å². The van der Waals surface area contributed by atoms with Gasteiger partial charge < -0.3 is 18.9 Å². The van der Waals surface area contributed by atoms with E-state index >= 15 is 0 Å². The molecule has 0 aromatic heterocycles. The van der Waals surface area contributed by atoms with Crippen LogP contribution in [0.4, 0.5) is 0 Å². The smallest absolute Gasteiger partial charge is 0.462 e. The maximum atomic E-state index is 12.7. The number of quaternary nitrogens is 1. The molecule has 306 valence electrons. The Morgan fingerprint density at radius 1 is 0.577 bits per heavy atom. The monoisotopic (exact) mass is 759 g/mol. The molecule has 52 heavy (non-hydrogen) atoms. The molecule has 10 heteroatoms. The molecule has 1 N–H and O–H groups in total. The first-order valence-electron chi connectivity index (χ1n) is 21.1. The van der Waals surface area contributed by atoms with E-state index in [1.807, 2.05) is 21.1 Å². The Kier molecular flexibility index (Phi) is 34.2. The van der Waals surface area contributed by atoms with Crippen LogP contribution in [0.3, 0.4) is 0 Å². The van der Waals surface area contributed by atoms with E-state index in [-0.39, 0.29) is 32.0 Å². The van der Waals surface area contributed by atoms with Crippen molar-refractivity contribution >= 4 is 19.8 Å². The standard InChI is InChI=1S/C42H80NO8P/c1-6-8-10-12-14-16-18-20-21-22-23-25-27-29-31-33-35-42(45)51-40(39-50-52(46,47)49-37-36-43(3,4)5)38-48-41(44)34-32-30-28-26-24-19-17-15-13-11-9-7-2/h15,17,21-22,40H,6-14,16,18-20,23-39H2,1-5H3/p+1/b17-15-,22-21-. The molecule has 0 aliphatic rings. The normalized spacial score (nSPS) is 13.9. The van der Waals surface area contributed by atoms with Crippen molar-refractivity contribution in [3.05, 3.63) is 24.3 Å². The van der Waals surface area contributed by atoms with Gasteiger partial charge in [0.25, 0.3) is 0 Å². The van der Waals surface area contributed by atoms with E-state index in [1.54, 1.807) is 0 Å². The minimum Gasteiger partial charge on any atom is -0.462 e. The number of hydrogen-bond donors (Lipinski definition) is 1. The quantitative estimate of drug-likeness (QED) is 0.0218. The molecule has 9 nitrogen and oxygen atoms in total. The van der Waals surface area contributed by atoms with Crippen LogP contribution in [-0.4, -0.2) is 74.9 Å². The Labute approximate surface area is 319 Å². The maximum absolute atomic E-state index is 12.7. The lowest BCUT2D eigenvalue weighted by atomic mass is 10.1. The molecular formula is C42H81NO8P+. The van der Waals surface area contributed by atoms with Crippen molar-refractivity contribution < 1.29 is 42.1 Å². The SMILES string of the molecule is CCCCC/C=C\CCCCCCCC(=O)OCC(COP(=O)(O)OCC[N+](C)(C)C)OC(=O)CCCCCCC/C=C\CCCCCCCCC. The van der Waals surface area contributed by atoms with Crippen LogP contribution in [0.5, 0.6) is 0 Å². The zero-order valence-corrected chi connectivity index (χ0v) is 35.2. The number of rotatable bonds is 38. The van der Waals surface area contributed by atoms with Crippen LogP contribution in [0.15, 0.2) is 24.3 Å². The van der Waals surface area contributed by atoms with Crippen molar-refractivity contribution in [2.45, 2.75) is 187 Å². The second-order valence-electron chi connectivity index (χ2n) is 15.4. The summed E-state index contributed by atoms with van der Waals surface area (Å²) < 4.78 is 34.2. The molecule has 0 radical (unpaired) electrons. The number of carbonyl (C=O) groups is 2. The Balaban J connectivity index is 4.40. The van der Waals surface area contributed by atoms with Crippen LogP contribution in [0.1, 0.15) is 181 Å². The molecule has 0 aromatic carbocycles. The van der Waals surface area contributed by atoms with Crippen LogP contribution < -0.4 is 0 Å². The lowest BCUT2D eigenvalue weighted by Gasteiger charge is -2.24. The number of ether oxygens (including phenoxy) is 2. The van der Waals surface area contributed by atoms with Gasteiger partial charge in [-0.05, 0) is 64.2 Å². The van der Waals surface area contributed by atoms with Crippen molar-refractivity contribution in [2.24, 2.45) is 0 Å². The third-order valence-corrected chi connectivity index (χ3v) is 9.94. The number of unbranched alkanes of at least 4 members (excludes halogenated alkanes) is 20. The Morgan fingerprint density at radius 2 is 0.981 bits per heavy atom. The molecule has 0 fully saturated rings. The highest BCUT2D eigenvalue weighted by Crippen LogP contribution is 2.43. The molecule has 0 bridgehead atoms. The Morgan fingerprint density at radius 3 is 1.46 bits per heavy atom. The predicted molar refractivity (Wildman–Crippen MR) is 215 cm³/mol. The zero-order valence-electron chi connectivity index (χ0n) is 34.3.